The minimum atomic E-state index is -0.950. The fourth-order valence-electron chi connectivity index (χ4n) is 6.21. The van der Waals surface area contributed by atoms with E-state index in [1.165, 1.54) is 18.2 Å². The SMILES string of the molecule is CC.Cc1ccc(C(=O)NCCc2ccc(F)cc2)cc1-c1nc(N2CCC(NC(=O)OC(C)(C)C)CC2)nc2c1CNC(=O)N2c1c(F)cccc1F. The summed E-state index contributed by atoms with van der Waals surface area (Å²) in [5, 5.41) is 8.51. The van der Waals surface area contributed by atoms with E-state index in [2.05, 4.69) is 16.0 Å². The van der Waals surface area contributed by atoms with Gasteiger partial charge in [0, 0.05) is 42.4 Å². The van der Waals surface area contributed by atoms with Crippen molar-refractivity contribution in [3.05, 3.63) is 100 Å². The van der Waals surface area contributed by atoms with Crippen molar-refractivity contribution in [1.29, 1.82) is 0 Å². The number of alkyl carbamates (subject to hydrolysis) is 1. The highest BCUT2D eigenvalue weighted by Gasteiger charge is 2.35. The molecule has 11 nitrogen and oxygen atoms in total. The minimum absolute atomic E-state index is 0.00954. The normalized spacial score (nSPS) is 14.4. The number of halogens is 3. The van der Waals surface area contributed by atoms with E-state index in [1.807, 2.05) is 25.7 Å². The molecule has 0 unspecified atom stereocenters. The first-order chi connectivity index (χ1) is 25.8. The highest BCUT2D eigenvalue weighted by Crippen LogP contribution is 2.40. The quantitative estimate of drug-likeness (QED) is 0.169. The number of ether oxygens (including phenoxy) is 1. The van der Waals surface area contributed by atoms with Gasteiger partial charge in [-0.3, -0.25) is 4.79 Å². The topological polar surface area (TPSA) is 129 Å². The summed E-state index contributed by atoms with van der Waals surface area (Å²) in [7, 11) is 0. The van der Waals surface area contributed by atoms with Crippen molar-refractivity contribution in [2.45, 2.75) is 79.0 Å². The molecule has 2 aliphatic heterocycles. The van der Waals surface area contributed by atoms with E-state index >= 15 is 8.78 Å². The molecular formula is C40H46F3N7O4. The zero-order valence-electron chi connectivity index (χ0n) is 31.4. The van der Waals surface area contributed by atoms with Crippen molar-refractivity contribution in [2.75, 3.05) is 29.4 Å². The second kappa shape index (κ2) is 17.0. The van der Waals surface area contributed by atoms with Gasteiger partial charge in [-0.15, -0.1) is 0 Å². The molecule has 286 valence electrons. The lowest BCUT2D eigenvalue weighted by molar-refractivity contribution is 0.0497. The average molecular weight is 746 g/mol. The maximum Gasteiger partial charge on any atom is 0.407 e. The zero-order valence-corrected chi connectivity index (χ0v) is 31.4. The van der Waals surface area contributed by atoms with Gasteiger partial charge in [-0.05, 0) is 94.5 Å². The molecule has 4 amide bonds. The van der Waals surface area contributed by atoms with Crippen LogP contribution in [0.1, 0.15) is 74.5 Å². The number of hydrogen-bond donors (Lipinski definition) is 3. The van der Waals surface area contributed by atoms with Crippen molar-refractivity contribution >= 4 is 35.5 Å². The van der Waals surface area contributed by atoms with Gasteiger partial charge < -0.3 is 25.6 Å². The molecule has 0 atom stereocenters. The number of urea groups is 1. The third kappa shape index (κ3) is 9.28. The maximum absolute atomic E-state index is 15.2. The number of hydrogen-bond acceptors (Lipinski definition) is 7. The van der Waals surface area contributed by atoms with Gasteiger partial charge in [0.25, 0.3) is 5.91 Å². The highest BCUT2D eigenvalue weighted by atomic mass is 19.1. The van der Waals surface area contributed by atoms with Crippen LogP contribution in [0.4, 0.5) is 40.2 Å². The number of aromatic nitrogens is 2. The molecule has 54 heavy (non-hydrogen) atoms. The molecule has 2 aliphatic rings. The van der Waals surface area contributed by atoms with E-state index in [0.717, 1.165) is 28.2 Å². The molecule has 4 aromatic rings. The molecule has 3 N–H and O–H groups in total. The second-order valence-corrected chi connectivity index (χ2v) is 13.8. The molecule has 0 radical (unpaired) electrons. The Balaban J connectivity index is 0.00000276. The molecule has 3 aromatic carbocycles. The predicted molar refractivity (Wildman–Crippen MR) is 201 cm³/mol. The molecule has 0 spiro atoms. The molecule has 14 heteroatoms. The Kier molecular flexibility index (Phi) is 12.4. The molecule has 6 rings (SSSR count). The predicted octanol–water partition coefficient (Wildman–Crippen LogP) is 7.72. The van der Waals surface area contributed by atoms with E-state index in [0.29, 0.717) is 61.3 Å². The molecule has 0 aliphatic carbocycles. The number of carbonyl (C=O) groups is 3. The second-order valence-electron chi connectivity index (χ2n) is 13.8. The van der Waals surface area contributed by atoms with Crippen molar-refractivity contribution in [2.24, 2.45) is 0 Å². The van der Waals surface area contributed by atoms with Crippen LogP contribution in [0, 0.1) is 24.4 Å². The number of carbonyl (C=O) groups excluding carboxylic acids is 3. The number of para-hydroxylation sites is 1. The van der Waals surface area contributed by atoms with E-state index in [-0.39, 0.29) is 36.1 Å². The Morgan fingerprint density at radius 1 is 0.963 bits per heavy atom. The largest absolute Gasteiger partial charge is 0.444 e. The van der Waals surface area contributed by atoms with Crippen molar-refractivity contribution in [3.8, 4) is 11.3 Å². The number of amides is 4. The lowest BCUT2D eigenvalue weighted by Crippen LogP contribution is -2.47. The van der Waals surface area contributed by atoms with Crippen LogP contribution in [-0.4, -0.2) is 59.3 Å². The van der Waals surface area contributed by atoms with Crippen LogP contribution in [0.3, 0.4) is 0 Å². The number of piperidine rings is 1. The minimum Gasteiger partial charge on any atom is -0.444 e. The van der Waals surface area contributed by atoms with Crippen LogP contribution in [0.5, 0.6) is 0 Å². The molecule has 0 saturated carbocycles. The van der Waals surface area contributed by atoms with Crippen molar-refractivity contribution in [3.63, 3.8) is 0 Å². The highest BCUT2D eigenvalue weighted by molar-refractivity contribution is 6.02. The van der Waals surface area contributed by atoms with Gasteiger partial charge in [0.2, 0.25) is 5.95 Å². The number of benzene rings is 3. The maximum atomic E-state index is 15.2. The average Bonchev–Trinajstić information content (AvgIpc) is 3.13. The number of nitrogens with one attached hydrogen (secondary N) is 3. The summed E-state index contributed by atoms with van der Waals surface area (Å²) in [6.45, 7) is 12.3. The Morgan fingerprint density at radius 3 is 2.28 bits per heavy atom. The van der Waals surface area contributed by atoms with E-state index < -0.39 is 35.0 Å². The molecule has 0 bridgehead atoms. The summed E-state index contributed by atoms with van der Waals surface area (Å²) < 4.78 is 49.2. The van der Waals surface area contributed by atoms with Gasteiger partial charge in [0.05, 0.1) is 12.2 Å². The summed E-state index contributed by atoms with van der Waals surface area (Å²) >= 11 is 0. The molecule has 1 aromatic heterocycles. The van der Waals surface area contributed by atoms with Gasteiger partial charge >= 0.3 is 12.1 Å². The van der Waals surface area contributed by atoms with Crippen LogP contribution in [0.2, 0.25) is 0 Å². The van der Waals surface area contributed by atoms with Crippen molar-refractivity contribution in [1.82, 2.24) is 25.9 Å². The van der Waals surface area contributed by atoms with Crippen LogP contribution in [-0.2, 0) is 17.7 Å². The number of aryl methyl sites for hydroxylation is 1. The molecule has 3 heterocycles. The Hall–Kier alpha value is -5.66. The summed E-state index contributed by atoms with van der Waals surface area (Å²) in [6, 6.07) is 13.6. The third-order valence-corrected chi connectivity index (χ3v) is 8.83. The van der Waals surface area contributed by atoms with Crippen LogP contribution < -0.4 is 25.8 Å². The van der Waals surface area contributed by atoms with Crippen LogP contribution in [0.25, 0.3) is 11.3 Å². The van der Waals surface area contributed by atoms with Gasteiger partial charge in [-0.1, -0.05) is 38.1 Å². The number of anilines is 3. The molecule has 1 saturated heterocycles. The first-order valence-electron chi connectivity index (χ1n) is 18.1. The van der Waals surface area contributed by atoms with Gasteiger partial charge in [-0.25, -0.2) is 32.6 Å². The van der Waals surface area contributed by atoms with E-state index in [4.69, 9.17) is 14.7 Å². The van der Waals surface area contributed by atoms with E-state index in [9.17, 15) is 18.8 Å². The Bertz CT molecular complexity index is 1970. The number of rotatable bonds is 8. The van der Waals surface area contributed by atoms with Gasteiger partial charge in [0.1, 0.15) is 28.7 Å². The van der Waals surface area contributed by atoms with Gasteiger partial charge in [-0.2, -0.15) is 4.98 Å². The molecular weight excluding hydrogens is 699 g/mol. The smallest absolute Gasteiger partial charge is 0.407 e. The Morgan fingerprint density at radius 2 is 1.63 bits per heavy atom. The fraction of sp³-hybridized carbons (Fsp3) is 0.375. The number of nitrogens with zero attached hydrogens (tertiary/aromatic N) is 4. The Labute approximate surface area is 313 Å². The lowest BCUT2D eigenvalue weighted by atomic mass is 9.97. The number of fused-ring (bicyclic) bond motifs is 1. The van der Waals surface area contributed by atoms with E-state index in [1.54, 1.807) is 51.1 Å². The molecule has 1 fully saturated rings. The van der Waals surface area contributed by atoms with Crippen LogP contribution in [0.15, 0.2) is 60.7 Å². The fourth-order valence-corrected chi connectivity index (χ4v) is 6.21. The third-order valence-electron chi connectivity index (χ3n) is 8.83. The lowest BCUT2D eigenvalue weighted by Gasteiger charge is -2.35. The van der Waals surface area contributed by atoms with Crippen LogP contribution >= 0.6 is 0 Å². The first-order valence-corrected chi connectivity index (χ1v) is 18.1. The van der Waals surface area contributed by atoms with Crippen molar-refractivity contribution < 1.29 is 32.3 Å². The summed E-state index contributed by atoms with van der Waals surface area (Å²) in [5.41, 5.74) is 2.11. The zero-order chi connectivity index (χ0) is 39.2. The summed E-state index contributed by atoms with van der Waals surface area (Å²) in [5.74, 6) is -2.35. The standard InChI is InChI=1S/C38H40F3N7O4.C2H6/c1-22-8-11-24(34(49)42-17-14-23-9-12-25(39)13-10-23)20-27(22)31-28-21-43-36(50)48(32-29(40)6-5-7-30(32)41)33(28)46-35(45-31)47-18-15-26(16-19-47)44-37(51)52-38(2,3)4;1-2/h5-13,20,26H,14-19,21H2,1-4H3,(H,42,49)(H,43,50)(H,44,51);1-2H3. The summed E-state index contributed by atoms with van der Waals surface area (Å²) in [6.07, 6.45) is 1.06. The monoisotopic (exact) mass is 745 g/mol. The van der Waals surface area contributed by atoms with Gasteiger partial charge in [0.15, 0.2) is 5.82 Å². The summed E-state index contributed by atoms with van der Waals surface area (Å²) in [4.78, 5) is 51.6. The first kappa shape index (κ1) is 39.5.